The fourth-order valence-electron chi connectivity index (χ4n) is 3.77. The fourth-order valence-corrected chi connectivity index (χ4v) is 3.77. The molecule has 0 aromatic rings. The summed E-state index contributed by atoms with van der Waals surface area (Å²) in [6.45, 7) is 8.92. The van der Waals surface area contributed by atoms with Gasteiger partial charge in [0.2, 0.25) is 0 Å². The molecule has 1 heterocycles. The highest BCUT2D eigenvalue weighted by atomic mass is 16.5. The Bertz CT molecular complexity index is 352. The second kappa shape index (κ2) is 4.47. The van der Waals surface area contributed by atoms with Crippen LogP contribution in [0.25, 0.3) is 0 Å². The molecule has 2 unspecified atom stereocenters. The average Bonchev–Trinajstić information content (AvgIpc) is 2.13. The zero-order chi connectivity index (χ0) is 12.6. The molecule has 0 radical (unpaired) electrons. The maximum Gasteiger partial charge on any atom is 0.306 e. The molecule has 0 bridgehead atoms. The van der Waals surface area contributed by atoms with Gasteiger partial charge in [0.1, 0.15) is 0 Å². The predicted molar refractivity (Wildman–Crippen MR) is 68.6 cm³/mol. The van der Waals surface area contributed by atoms with Crippen LogP contribution in [0.4, 0.5) is 0 Å². The molecule has 96 valence electrons. The first-order chi connectivity index (χ1) is 7.90. The maximum atomic E-state index is 11.6. The van der Waals surface area contributed by atoms with Gasteiger partial charge in [0, 0.05) is 0 Å². The molecule has 2 rings (SSSR count). The number of esters is 1. The van der Waals surface area contributed by atoms with Crippen molar-refractivity contribution in [2.45, 2.75) is 65.9 Å². The number of carbonyl (C=O) groups is 1. The summed E-state index contributed by atoms with van der Waals surface area (Å²) in [7, 11) is 0. The third kappa shape index (κ3) is 2.56. The largest absolute Gasteiger partial charge is 0.463 e. The second-order valence-electron chi connectivity index (χ2n) is 6.37. The molecule has 0 amide bonds. The summed E-state index contributed by atoms with van der Waals surface area (Å²) in [6.07, 6.45) is 5.41. The van der Waals surface area contributed by atoms with E-state index in [-0.39, 0.29) is 17.5 Å². The minimum atomic E-state index is -0.0181. The Morgan fingerprint density at radius 2 is 2.06 bits per heavy atom. The van der Waals surface area contributed by atoms with Crippen molar-refractivity contribution >= 4 is 5.97 Å². The minimum Gasteiger partial charge on any atom is -0.463 e. The second-order valence-corrected chi connectivity index (χ2v) is 6.37. The highest BCUT2D eigenvalue weighted by Gasteiger charge is 2.37. The molecule has 2 nitrogen and oxygen atoms in total. The summed E-state index contributed by atoms with van der Waals surface area (Å²) in [4.78, 5) is 11.6. The van der Waals surface area contributed by atoms with E-state index < -0.39 is 0 Å². The first kappa shape index (κ1) is 12.7. The fraction of sp³-hybridized carbons (Fsp3) is 0.800. The SMILES string of the molecule is CC1=C(C2CC(=O)OC(C)C2)C(C)(C)CCC1. The average molecular weight is 236 g/mol. The minimum absolute atomic E-state index is 0.0181. The van der Waals surface area contributed by atoms with Gasteiger partial charge in [-0.3, -0.25) is 4.79 Å². The van der Waals surface area contributed by atoms with E-state index in [1.807, 2.05) is 6.92 Å². The van der Waals surface area contributed by atoms with E-state index in [0.29, 0.717) is 12.3 Å². The molecule has 1 saturated heterocycles. The molecular formula is C15H24O2. The summed E-state index contributed by atoms with van der Waals surface area (Å²) in [5, 5.41) is 0. The van der Waals surface area contributed by atoms with Crippen molar-refractivity contribution in [1.82, 2.24) is 0 Å². The van der Waals surface area contributed by atoms with Gasteiger partial charge in [-0.2, -0.15) is 0 Å². The predicted octanol–water partition coefficient (Wildman–Crippen LogP) is 3.85. The quantitative estimate of drug-likeness (QED) is 0.510. The van der Waals surface area contributed by atoms with Gasteiger partial charge >= 0.3 is 5.97 Å². The Morgan fingerprint density at radius 3 is 2.65 bits per heavy atom. The summed E-state index contributed by atoms with van der Waals surface area (Å²) in [5.41, 5.74) is 3.34. The van der Waals surface area contributed by atoms with Crippen molar-refractivity contribution in [2.75, 3.05) is 0 Å². The number of ether oxygens (including phenoxy) is 1. The van der Waals surface area contributed by atoms with Crippen LogP contribution in [0, 0.1) is 11.3 Å². The zero-order valence-electron chi connectivity index (χ0n) is 11.5. The van der Waals surface area contributed by atoms with E-state index in [4.69, 9.17) is 4.74 Å². The molecule has 1 aliphatic heterocycles. The zero-order valence-corrected chi connectivity index (χ0v) is 11.5. The van der Waals surface area contributed by atoms with E-state index >= 15 is 0 Å². The molecule has 1 aliphatic carbocycles. The van der Waals surface area contributed by atoms with Crippen molar-refractivity contribution < 1.29 is 9.53 Å². The van der Waals surface area contributed by atoms with E-state index in [9.17, 15) is 4.79 Å². The monoisotopic (exact) mass is 236 g/mol. The Morgan fingerprint density at radius 1 is 1.35 bits per heavy atom. The van der Waals surface area contributed by atoms with Crippen LogP contribution in [0.2, 0.25) is 0 Å². The Hall–Kier alpha value is -0.790. The van der Waals surface area contributed by atoms with Crippen molar-refractivity contribution in [1.29, 1.82) is 0 Å². The van der Waals surface area contributed by atoms with Gasteiger partial charge in [-0.1, -0.05) is 25.0 Å². The number of carbonyl (C=O) groups excluding carboxylic acids is 1. The first-order valence-corrected chi connectivity index (χ1v) is 6.80. The van der Waals surface area contributed by atoms with Gasteiger partial charge in [0.15, 0.2) is 0 Å². The van der Waals surface area contributed by atoms with Crippen LogP contribution in [0.1, 0.15) is 59.8 Å². The normalized spacial score (nSPS) is 33.5. The molecule has 0 spiro atoms. The molecular weight excluding hydrogens is 212 g/mol. The van der Waals surface area contributed by atoms with Crippen LogP contribution < -0.4 is 0 Å². The van der Waals surface area contributed by atoms with Crippen molar-refractivity contribution in [3.63, 3.8) is 0 Å². The maximum absolute atomic E-state index is 11.6. The molecule has 0 aromatic carbocycles. The molecule has 2 aliphatic rings. The summed E-state index contributed by atoms with van der Waals surface area (Å²) >= 11 is 0. The molecule has 2 heteroatoms. The van der Waals surface area contributed by atoms with Crippen LogP contribution in [-0.4, -0.2) is 12.1 Å². The van der Waals surface area contributed by atoms with Gasteiger partial charge in [-0.05, 0) is 50.9 Å². The lowest BCUT2D eigenvalue weighted by molar-refractivity contribution is -0.154. The van der Waals surface area contributed by atoms with Crippen LogP contribution in [0.3, 0.4) is 0 Å². The molecule has 2 atom stereocenters. The Balaban J connectivity index is 2.28. The standard InChI is InChI=1S/C15H24O2/c1-10-6-5-7-15(3,4)14(10)12-8-11(2)17-13(16)9-12/h11-12H,5-9H2,1-4H3. The summed E-state index contributed by atoms with van der Waals surface area (Å²) in [6, 6.07) is 0. The summed E-state index contributed by atoms with van der Waals surface area (Å²) in [5.74, 6) is 0.400. The molecule has 0 saturated carbocycles. The Kier molecular flexibility index (Phi) is 3.33. The lowest BCUT2D eigenvalue weighted by Crippen LogP contribution is -2.34. The Labute approximate surface area is 104 Å². The molecule has 17 heavy (non-hydrogen) atoms. The van der Waals surface area contributed by atoms with Crippen LogP contribution in [0.15, 0.2) is 11.1 Å². The highest BCUT2D eigenvalue weighted by molar-refractivity contribution is 5.71. The van der Waals surface area contributed by atoms with Gasteiger partial charge in [-0.25, -0.2) is 0 Å². The van der Waals surface area contributed by atoms with E-state index in [1.165, 1.54) is 24.8 Å². The number of rotatable bonds is 1. The lowest BCUT2D eigenvalue weighted by Gasteiger charge is -2.41. The van der Waals surface area contributed by atoms with E-state index in [0.717, 1.165) is 6.42 Å². The third-order valence-corrected chi connectivity index (χ3v) is 4.31. The van der Waals surface area contributed by atoms with Crippen LogP contribution >= 0.6 is 0 Å². The molecule has 0 N–H and O–H groups in total. The summed E-state index contributed by atoms with van der Waals surface area (Å²) < 4.78 is 5.25. The van der Waals surface area contributed by atoms with Gasteiger partial charge < -0.3 is 4.74 Å². The topological polar surface area (TPSA) is 26.3 Å². The lowest BCUT2D eigenvalue weighted by atomic mass is 9.66. The van der Waals surface area contributed by atoms with Crippen molar-refractivity contribution in [3.8, 4) is 0 Å². The highest BCUT2D eigenvalue weighted by Crippen LogP contribution is 2.47. The van der Waals surface area contributed by atoms with E-state index in [1.54, 1.807) is 5.57 Å². The van der Waals surface area contributed by atoms with E-state index in [2.05, 4.69) is 20.8 Å². The molecule has 0 aromatic heterocycles. The number of hydrogen-bond acceptors (Lipinski definition) is 2. The van der Waals surface area contributed by atoms with Crippen LogP contribution in [-0.2, 0) is 9.53 Å². The number of hydrogen-bond donors (Lipinski definition) is 0. The van der Waals surface area contributed by atoms with Crippen molar-refractivity contribution in [3.05, 3.63) is 11.1 Å². The van der Waals surface area contributed by atoms with Crippen molar-refractivity contribution in [2.24, 2.45) is 11.3 Å². The number of cyclic esters (lactones) is 1. The molecule has 1 fully saturated rings. The smallest absolute Gasteiger partial charge is 0.306 e. The third-order valence-electron chi connectivity index (χ3n) is 4.31. The van der Waals surface area contributed by atoms with Gasteiger partial charge in [-0.15, -0.1) is 0 Å². The number of allylic oxidation sites excluding steroid dienone is 2. The van der Waals surface area contributed by atoms with Crippen LogP contribution in [0.5, 0.6) is 0 Å². The van der Waals surface area contributed by atoms with Gasteiger partial charge in [0.05, 0.1) is 12.5 Å². The first-order valence-electron chi connectivity index (χ1n) is 6.80. The van der Waals surface area contributed by atoms with Gasteiger partial charge in [0.25, 0.3) is 0 Å².